The lowest BCUT2D eigenvalue weighted by Gasteiger charge is -2.38. The second-order valence-corrected chi connectivity index (χ2v) is 9.08. The molecule has 2 aliphatic rings. The molecule has 0 bridgehead atoms. The van der Waals surface area contributed by atoms with Crippen LogP contribution in [0.5, 0.6) is 0 Å². The van der Waals surface area contributed by atoms with E-state index in [0.717, 1.165) is 29.6 Å². The summed E-state index contributed by atoms with van der Waals surface area (Å²) >= 11 is 0. The van der Waals surface area contributed by atoms with Crippen LogP contribution in [0.25, 0.3) is 0 Å². The Morgan fingerprint density at radius 3 is 1.83 bits per heavy atom. The van der Waals surface area contributed by atoms with Crippen LogP contribution in [-0.4, -0.2) is 0 Å². The summed E-state index contributed by atoms with van der Waals surface area (Å²) in [5, 5.41) is 0. The number of allylic oxidation sites excluding steroid dienone is 1. The van der Waals surface area contributed by atoms with Crippen molar-refractivity contribution in [2.75, 3.05) is 0 Å². The van der Waals surface area contributed by atoms with Crippen LogP contribution in [0.15, 0.2) is 12.7 Å². The fourth-order valence-electron chi connectivity index (χ4n) is 5.72. The van der Waals surface area contributed by atoms with Crippen molar-refractivity contribution in [3.05, 3.63) is 12.7 Å². The average molecular weight is 333 g/mol. The van der Waals surface area contributed by atoms with Crippen molar-refractivity contribution in [3.63, 3.8) is 0 Å². The summed E-state index contributed by atoms with van der Waals surface area (Å²) < 4.78 is 0. The van der Waals surface area contributed by atoms with Gasteiger partial charge in [-0.2, -0.15) is 0 Å². The van der Waals surface area contributed by atoms with E-state index in [4.69, 9.17) is 0 Å². The van der Waals surface area contributed by atoms with Gasteiger partial charge in [0.2, 0.25) is 0 Å². The highest BCUT2D eigenvalue weighted by molar-refractivity contribution is 4.82. The zero-order valence-electron chi connectivity index (χ0n) is 16.8. The molecule has 140 valence electrons. The van der Waals surface area contributed by atoms with Gasteiger partial charge in [0, 0.05) is 0 Å². The van der Waals surface area contributed by atoms with Crippen LogP contribution < -0.4 is 0 Å². The molecule has 0 saturated heterocycles. The first kappa shape index (κ1) is 20.1. The zero-order valence-corrected chi connectivity index (χ0v) is 16.8. The normalized spacial score (nSPS) is 32.4. The van der Waals surface area contributed by atoms with Gasteiger partial charge in [0.05, 0.1) is 0 Å². The van der Waals surface area contributed by atoms with Crippen LogP contribution in [-0.2, 0) is 0 Å². The molecule has 0 aromatic heterocycles. The zero-order chi connectivity index (χ0) is 17.2. The van der Waals surface area contributed by atoms with E-state index in [1.807, 2.05) is 0 Å². The maximum atomic E-state index is 3.91. The molecule has 0 aromatic rings. The summed E-state index contributed by atoms with van der Waals surface area (Å²) in [5.41, 5.74) is 0. The third-order valence-electron chi connectivity index (χ3n) is 7.45. The molecule has 2 rings (SSSR count). The molecule has 0 heteroatoms. The van der Waals surface area contributed by atoms with Gasteiger partial charge in [-0.05, 0) is 61.7 Å². The molecule has 0 radical (unpaired) electrons. The highest BCUT2D eigenvalue weighted by Crippen LogP contribution is 2.43. The van der Waals surface area contributed by atoms with Gasteiger partial charge in [0.15, 0.2) is 0 Å². The highest BCUT2D eigenvalue weighted by atomic mass is 14.4. The Labute approximate surface area is 152 Å². The summed E-state index contributed by atoms with van der Waals surface area (Å²) in [4.78, 5) is 0. The van der Waals surface area contributed by atoms with Crippen molar-refractivity contribution in [1.29, 1.82) is 0 Å². The lowest BCUT2D eigenvalue weighted by molar-refractivity contribution is 0.139. The Morgan fingerprint density at radius 1 is 0.833 bits per heavy atom. The molecule has 0 nitrogen and oxygen atoms in total. The van der Waals surface area contributed by atoms with Gasteiger partial charge in [-0.1, -0.05) is 84.1 Å². The van der Waals surface area contributed by atoms with Crippen LogP contribution >= 0.6 is 0 Å². The van der Waals surface area contributed by atoms with Crippen LogP contribution in [0.2, 0.25) is 0 Å². The van der Waals surface area contributed by atoms with E-state index in [1.54, 1.807) is 38.5 Å². The van der Waals surface area contributed by atoms with Gasteiger partial charge in [-0.25, -0.2) is 0 Å². The Morgan fingerprint density at radius 2 is 1.38 bits per heavy atom. The molecule has 2 saturated carbocycles. The molecule has 0 amide bonds. The van der Waals surface area contributed by atoms with E-state index in [2.05, 4.69) is 26.5 Å². The molecule has 0 heterocycles. The smallest absolute Gasteiger partial charge is 0.0325 e. The molecule has 0 spiro atoms. The lowest BCUT2D eigenvalue weighted by Crippen LogP contribution is -2.25. The second-order valence-electron chi connectivity index (χ2n) is 9.08. The van der Waals surface area contributed by atoms with Crippen molar-refractivity contribution in [2.24, 2.45) is 29.6 Å². The van der Waals surface area contributed by atoms with E-state index >= 15 is 0 Å². The van der Waals surface area contributed by atoms with Crippen LogP contribution in [0.4, 0.5) is 0 Å². The maximum absolute atomic E-state index is 3.91. The molecule has 2 aliphatic carbocycles. The fourth-order valence-corrected chi connectivity index (χ4v) is 5.72. The van der Waals surface area contributed by atoms with E-state index in [0.29, 0.717) is 0 Å². The van der Waals surface area contributed by atoms with E-state index in [-0.39, 0.29) is 0 Å². The molecular formula is C24H44. The minimum atomic E-state index is 0.900. The van der Waals surface area contributed by atoms with Gasteiger partial charge in [0.1, 0.15) is 0 Å². The molecule has 1 unspecified atom stereocenters. The minimum absolute atomic E-state index is 0.900. The van der Waals surface area contributed by atoms with Gasteiger partial charge in [0.25, 0.3) is 0 Å². The molecule has 24 heavy (non-hydrogen) atoms. The summed E-state index contributed by atoms with van der Waals surface area (Å²) in [6, 6.07) is 0. The van der Waals surface area contributed by atoms with Crippen LogP contribution in [0, 0.1) is 29.6 Å². The first-order valence-electron chi connectivity index (χ1n) is 11.4. The number of hydrogen-bond acceptors (Lipinski definition) is 0. The Balaban J connectivity index is 1.59. The van der Waals surface area contributed by atoms with E-state index < -0.39 is 0 Å². The Hall–Kier alpha value is -0.260. The van der Waals surface area contributed by atoms with Crippen molar-refractivity contribution < 1.29 is 0 Å². The molecule has 1 atom stereocenters. The maximum Gasteiger partial charge on any atom is -0.0325 e. The molecule has 0 N–H and O–H groups in total. The van der Waals surface area contributed by atoms with Crippen molar-refractivity contribution in [3.8, 4) is 0 Å². The predicted octanol–water partition coefficient (Wildman–Crippen LogP) is 8.17. The summed E-state index contributed by atoms with van der Waals surface area (Å²) in [6.45, 7) is 8.61. The second kappa shape index (κ2) is 11.4. The fraction of sp³-hybridized carbons (Fsp3) is 0.917. The lowest BCUT2D eigenvalue weighted by atomic mass is 9.68. The van der Waals surface area contributed by atoms with Crippen LogP contribution in [0.3, 0.4) is 0 Å². The van der Waals surface area contributed by atoms with Gasteiger partial charge in [-0.3, -0.25) is 0 Å². The minimum Gasteiger partial charge on any atom is -0.103 e. The molecule has 0 aromatic carbocycles. The first-order chi connectivity index (χ1) is 11.8. The van der Waals surface area contributed by atoms with Crippen molar-refractivity contribution in [2.45, 2.75) is 110 Å². The monoisotopic (exact) mass is 332 g/mol. The van der Waals surface area contributed by atoms with Crippen molar-refractivity contribution in [1.82, 2.24) is 0 Å². The van der Waals surface area contributed by atoms with Gasteiger partial charge >= 0.3 is 0 Å². The molecular weight excluding hydrogens is 288 g/mol. The largest absolute Gasteiger partial charge is 0.103 e. The quantitative estimate of drug-likeness (QED) is 0.354. The third kappa shape index (κ3) is 6.57. The molecule has 2 fully saturated rings. The summed E-state index contributed by atoms with van der Waals surface area (Å²) in [7, 11) is 0. The SMILES string of the molecule is C=CCC(CC)CCCC1CCC(C2CCC(CCC)CC2)CC1. The van der Waals surface area contributed by atoms with Gasteiger partial charge < -0.3 is 0 Å². The van der Waals surface area contributed by atoms with E-state index in [1.165, 1.54) is 57.8 Å². The standard InChI is InChI=1S/C24H44/c1-4-8-20(6-3)10-7-11-22-14-18-24(19-15-22)23-16-12-21(9-5-2)13-17-23/h4,20-24H,1,5-19H2,2-3H3. The highest BCUT2D eigenvalue weighted by Gasteiger charge is 2.30. The predicted molar refractivity (Wildman–Crippen MR) is 108 cm³/mol. The Bertz CT molecular complexity index is 315. The average Bonchev–Trinajstić information content (AvgIpc) is 2.62. The summed E-state index contributed by atoms with van der Waals surface area (Å²) in [5.74, 6) is 5.21. The topological polar surface area (TPSA) is 0 Å². The van der Waals surface area contributed by atoms with Crippen molar-refractivity contribution >= 4 is 0 Å². The number of hydrogen-bond donors (Lipinski definition) is 0. The number of rotatable bonds is 10. The first-order valence-corrected chi connectivity index (χ1v) is 11.4. The third-order valence-corrected chi connectivity index (χ3v) is 7.45. The molecule has 0 aliphatic heterocycles. The Kier molecular flexibility index (Phi) is 9.51. The summed E-state index contributed by atoms with van der Waals surface area (Å²) in [6.07, 6.45) is 24.3. The van der Waals surface area contributed by atoms with Gasteiger partial charge in [-0.15, -0.1) is 6.58 Å². The van der Waals surface area contributed by atoms with E-state index in [9.17, 15) is 0 Å². The van der Waals surface area contributed by atoms with Crippen LogP contribution in [0.1, 0.15) is 110 Å².